The van der Waals surface area contributed by atoms with Crippen molar-refractivity contribution in [2.45, 2.75) is 13.8 Å². The summed E-state index contributed by atoms with van der Waals surface area (Å²) in [6.07, 6.45) is 1.85. The summed E-state index contributed by atoms with van der Waals surface area (Å²) in [5.74, 6) is 0.515. The summed E-state index contributed by atoms with van der Waals surface area (Å²) in [6, 6.07) is 9.29. The minimum Gasteiger partial charge on any atom is -0.504 e. The van der Waals surface area contributed by atoms with Crippen molar-refractivity contribution in [2.75, 3.05) is 12.8 Å². The van der Waals surface area contributed by atoms with Gasteiger partial charge < -0.3 is 15.6 Å². The lowest BCUT2D eigenvalue weighted by Gasteiger charge is -2.11. The normalized spacial score (nSPS) is 14.1. The Morgan fingerprint density at radius 1 is 1.23 bits per heavy atom. The van der Waals surface area contributed by atoms with Crippen molar-refractivity contribution in [1.82, 2.24) is 4.98 Å². The van der Waals surface area contributed by atoms with Crippen LogP contribution in [0.15, 0.2) is 23.8 Å². The molecular formula is C20H16N4O2. The van der Waals surface area contributed by atoms with Gasteiger partial charge >= 0.3 is 0 Å². The molecule has 1 aliphatic rings. The SMILES string of the molecule is COc1ccc(/C=C2/C(C)=C(C#N)c3nc(N)c(C#N)c(C)c32)cc1O. The van der Waals surface area contributed by atoms with E-state index in [9.17, 15) is 15.6 Å². The summed E-state index contributed by atoms with van der Waals surface area (Å²) >= 11 is 0. The molecule has 1 aromatic carbocycles. The number of anilines is 1. The summed E-state index contributed by atoms with van der Waals surface area (Å²) in [5, 5.41) is 28.9. The van der Waals surface area contributed by atoms with E-state index in [0.29, 0.717) is 28.1 Å². The number of phenolic OH excluding ortho intramolecular Hbond substituents is 1. The highest BCUT2D eigenvalue weighted by molar-refractivity contribution is 6.08. The van der Waals surface area contributed by atoms with Gasteiger partial charge in [-0.15, -0.1) is 0 Å². The molecule has 1 aliphatic carbocycles. The maximum atomic E-state index is 10.0. The largest absolute Gasteiger partial charge is 0.504 e. The highest BCUT2D eigenvalue weighted by Gasteiger charge is 2.29. The number of methoxy groups -OCH3 is 1. The Morgan fingerprint density at radius 2 is 1.96 bits per heavy atom. The number of aromatic nitrogens is 1. The van der Waals surface area contributed by atoms with Crippen LogP contribution in [0.3, 0.4) is 0 Å². The second-order valence-corrected chi connectivity index (χ2v) is 5.93. The molecule has 0 radical (unpaired) electrons. The maximum Gasteiger partial charge on any atom is 0.160 e. The molecule has 0 spiro atoms. The number of aromatic hydroxyl groups is 1. The van der Waals surface area contributed by atoms with Crippen LogP contribution in [0.5, 0.6) is 11.5 Å². The molecule has 0 atom stereocenters. The first-order valence-electron chi connectivity index (χ1n) is 7.83. The molecule has 1 heterocycles. The van der Waals surface area contributed by atoms with Gasteiger partial charge in [-0.1, -0.05) is 6.07 Å². The molecule has 0 saturated heterocycles. The number of benzene rings is 1. The van der Waals surface area contributed by atoms with Crippen LogP contribution in [0, 0.1) is 29.6 Å². The summed E-state index contributed by atoms with van der Waals surface area (Å²) in [4.78, 5) is 4.29. The fourth-order valence-electron chi connectivity index (χ4n) is 3.16. The Hall–Kier alpha value is -3.77. The van der Waals surface area contributed by atoms with Crippen molar-refractivity contribution >= 4 is 23.0 Å². The Bertz CT molecular complexity index is 1080. The number of phenols is 1. The van der Waals surface area contributed by atoms with Gasteiger partial charge in [-0.3, -0.25) is 0 Å². The summed E-state index contributed by atoms with van der Waals surface area (Å²) in [7, 11) is 1.48. The zero-order chi connectivity index (χ0) is 19.0. The predicted molar refractivity (Wildman–Crippen MR) is 98.8 cm³/mol. The Labute approximate surface area is 151 Å². The van der Waals surface area contributed by atoms with Gasteiger partial charge in [0.2, 0.25) is 0 Å². The fraction of sp³-hybridized carbons (Fsp3) is 0.150. The van der Waals surface area contributed by atoms with E-state index >= 15 is 0 Å². The van der Waals surface area contributed by atoms with Gasteiger partial charge in [-0.2, -0.15) is 10.5 Å². The molecule has 6 heteroatoms. The van der Waals surface area contributed by atoms with E-state index in [2.05, 4.69) is 17.1 Å². The molecule has 26 heavy (non-hydrogen) atoms. The van der Waals surface area contributed by atoms with Crippen LogP contribution in [0.4, 0.5) is 5.82 Å². The van der Waals surface area contributed by atoms with E-state index in [1.807, 2.05) is 13.0 Å². The van der Waals surface area contributed by atoms with Crippen LogP contribution >= 0.6 is 0 Å². The van der Waals surface area contributed by atoms with Gasteiger partial charge in [0.05, 0.1) is 23.9 Å². The molecule has 0 unspecified atom stereocenters. The average Bonchev–Trinajstić information content (AvgIpc) is 2.86. The quantitative estimate of drug-likeness (QED) is 0.862. The minimum atomic E-state index is 0.0204. The van der Waals surface area contributed by atoms with E-state index in [0.717, 1.165) is 22.3 Å². The lowest BCUT2D eigenvalue weighted by atomic mass is 9.95. The highest BCUT2D eigenvalue weighted by atomic mass is 16.5. The number of nitrogens with two attached hydrogens (primary N) is 1. The van der Waals surface area contributed by atoms with Gasteiger partial charge in [-0.25, -0.2) is 4.98 Å². The third kappa shape index (κ3) is 2.45. The van der Waals surface area contributed by atoms with Crippen molar-refractivity contribution in [1.29, 1.82) is 10.5 Å². The van der Waals surface area contributed by atoms with Crippen molar-refractivity contribution < 1.29 is 9.84 Å². The first-order chi connectivity index (χ1) is 12.4. The second kappa shape index (κ2) is 6.27. The van der Waals surface area contributed by atoms with E-state index in [1.165, 1.54) is 7.11 Å². The Morgan fingerprint density at radius 3 is 2.54 bits per heavy atom. The number of fused-ring (bicyclic) bond motifs is 1. The molecule has 3 N–H and O–H groups in total. The average molecular weight is 344 g/mol. The molecular weight excluding hydrogens is 328 g/mol. The molecule has 0 bridgehead atoms. The topological polar surface area (TPSA) is 116 Å². The number of nitrogens with zero attached hydrogens (tertiary/aromatic N) is 3. The highest BCUT2D eigenvalue weighted by Crippen LogP contribution is 2.44. The molecule has 6 nitrogen and oxygen atoms in total. The van der Waals surface area contributed by atoms with Crippen LogP contribution < -0.4 is 10.5 Å². The standard InChI is InChI=1S/C20H16N4O2/c1-10-13(6-12-4-5-17(26-3)16(25)7-12)18-11(2)15(9-22)20(23)24-19(18)14(10)8-21/h4-7,25H,1-3H3,(H2,23,24)/b13-6-. The molecule has 128 valence electrons. The zero-order valence-corrected chi connectivity index (χ0v) is 14.6. The van der Waals surface area contributed by atoms with Crippen LogP contribution in [0.2, 0.25) is 0 Å². The third-order valence-electron chi connectivity index (χ3n) is 4.50. The van der Waals surface area contributed by atoms with Crippen LogP contribution in [-0.4, -0.2) is 17.2 Å². The monoisotopic (exact) mass is 344 g/mol. The summed E-state index contributed by atoms with van der Waals surface area (Å²) < 4.78 is 5.06. The number of nitrogen functional groups attached to an aromatic ring is 1. The van der Waals surface area contributed by atoms with E-state index in [4.69, 9.17) is 10.5 Å². The number of pyridine rings is 1. The summed E-state index contributed by atoms with van der Waals surface area (Å²) in [5.41, 5.74) is 10.8. The van der Waals surface area contributed by atoms with E-state index in [1.54, 1.807) is 25.1 Å². The number of hydrogen-bond acceptors (Lipinski definition) is 6. The lowest BCUT2D eigenvalue weighted by Crippen LogP contribution is -2.03. The molecule has 3 rings (SSSR count). The first-order valence-corrected chi connectivity index (χ1v) is 7.83. The second-order valence-electron chi connectivity index (χ2n) is 5.93. The number of nitriles is 2. The maximum absolute atomic E-state index is 10.0. The van der Waals surface area contributed by atoms with E-state index < -0.39 is 0 Å². The number of hydrogen-bond donors (Lipinski definition) is 2. The summed E-state index contributed by atoms with van der Waals surface area (Å²) in [6.45, 7) is 3.62. The van der Waals surface area contributed by atoms with Crippen molar-refractivity contribution in [3.8, 4) is 23.6 Å². The predicted octanol–water partition coefficient (Wildman–Crippen LogP) is 3.41. The molecule has 1 aromatic heterocycles. The molecule has 0 amide bonds. The van der Waals surface area contributed by atoms with Crippen LogP contribution in [0.25, 0.3) is 17.2 Å². The number of allylic oxidation sites excluding steroid dienone is 3. The van der Waals surface area contributed by atoms with Gasteiger partial charge in [-0.05, 0) is 54.3 Å². The minimum absolute atomic E-state index is 0.0204. The lowest BCUT2D eigenvalue weighted by molar-refractivity contribution is 0.373. The van der Waals surface area contributed by atoms with Crippen molar-refractivity contribution in [3.05, 3.63) is 51.7 Å². The number of ether oxygens (including phenoxy) is 1. The molecule has 0 aliphatic heterocycles. The van der Waals surface area contributed by atoms with Gasteiger partial charge in [0.15, 0.2) is 11.5 Å². The first kappa shape index (κ1) is 17.1. The zero-order valence-electron chi connectivity index (χ0n) is 14.6. The van der Waals surface area contributed by atoms with Gasteiger partial charge in [0, 0.05) is 5.56 Å². The third-order valence-corrected chi connectivity index (χ3v) is 4.50. The van der Waals surface area contributed by atoms with Crippen molar-refractivity contribution in [3.63, 3.8) is 0 Å². The smallest absolute Gasteiger partial charge is 0.160 e. The van der Waals surface area contributed by atoms with Crippen molar-refractivity contribution in [2.24, 2.45) is 0 Å². The fourth-order valence-corrected chi connectivity index (χ4v) is 3.16. The molecule has 0 fully saturated rings. The van der Waals surface area contributed by atoms with Gasteiger partial charge in [0.1, 0.15) is 18.0 Å². The van der Waals surface area contributed by atoms with E-state index in [-0.39, 0.29) is 11.6 Å². The van der Waals surface area contributed by atoms with Crippen LogP contribution in [0.1, 0.15) is 34.9 Å². The van der Waals surface area contributed by atoms with Crippen LogP contribution in [-0.2, 0) is 0 Å². The molecule has 0 saturated carbocycles. The number of rotatable bonds is 2. The Kier molecular flexibility index (Phi) is 4.11. The Balaban J connectivity index is 2.28. The molecule has 2 aromatic rings. The van der Waals surface area contributed by atoms with Gasteiger partial charge in [0.25, 0.3) is 0 Å².